The highest BCUT2D eigenvalue weighted by molar-refractivity contribution is 5.93. The largest absolute Gasteiger partial charge is 0.487 e. The van der Waals surface area contributed by atoms with E-state index >= 15 is 0 Å². The molecule has 1 aromatic carbocycles. The molecule has 1 unspecified atom stereocenters. The number of pyridine rings is 1. The van der Waals surface area contributed by atoms with Gasteiger partial charge in [0.25, 0.3) is 0 Å². The smallest absolute Gasteiger partial charge is 0.315 e. The van der Waals surface area contributed by atoms with Gasteiger partial charge in [0.15, 0.2) is 0 Å². The molecule has 3 heterocycles. The summed E-state index contributed by atoms with van der Waals surface area (Å²) in [5, 5.41) is 8.73. The van der Waals surface area contributed by atoms with Crippen LogP contribution in [0, 0.1) is 5.41 Å². The topological polar surface area (TPSA) is 102 Å². The van der Waals surface area contributed by atoms with Gasteiger partial charge in [0, 0.05) is 30.3 Å². The molecule has 3 amide bonds. The Hall–Kier alpha value is -3.29. The number of urea groups is 1. The van der Waals surface area contributed by atoms with Crippen LogP contribution in [0.25, 0.3) is 0 Å². The van der Waals surface area contributed by atoms with Crippen LogP contribution < -0.4 is 25.4 Å². The summed E-state index contributed by atoms with van der Waals surface area (Å²) >= 11 is 0. The zero-order valence-corrected chi connectivity index (χ0v) is 17.8. The molecule has 8 nitrogen and oxygen atoms in total. The lowest BCUT2D eigenvalue weighted by Crippen LogP contribution is -2.42. The van der Waals surface area contributed by atoms with Crippen molar-refractivity contribution in [2.24, 2.45) is 5.41 Å². The monoisotopic (exact) mass is 422 g/mol. The minimum Gasteiger partial charge on any atom is -0.487 e. The van der Waals surface area contributed by atoms with E-state index < -0.39 is 0 Å². The number of rotatable bonds is 4. The van der Waals surface area contributed by atoms with Gasteiger partial charge in [0.05, 0.1) is 12.0 Å². The number of amides is 3. The number of hydrogen-bond acceptors (Lipinski definition) is 5. The Morgan fingerprint density at radius 3 is 2.94 bits per heavy atom. The van der Waals surface area contributed by atoms with Crippen molar-refractivity contribution in [1.29, 1.82) is 0 Å². The van der Waals surface area contributed by atoms with Gasteiger partial charge in [-0.25, -0.2) is 9.78 Å². The van der Waals surface area contributed by atoms with Crippen LogP contribution in [0.5, 0.6) is 17.2 Å². The van der Waals surface area contributed by atoms with Crippen molar-refractivity contribution in [3.63, 3.8) is 0 Å². The fourth-order valence-electron chi connectivity index (χ4n) is 4.10. The summed E-state index contributed by atoms with van der Waals surface area (Å²) in [6, 6.07) is 7.36. The average Bonchev–Trinajstić information content (AvgIpc) is 3.22. The number of carbonyl (C=O) groups is 2. The Kier molecular flexibility index (Phi) is 4.53. The van der Waals surface area contributed by atoms with Gasteiger partial charge in [-0.2, -0.15) is 0 Å². The van der Waals surface area contributed by atoms with Gasteiger partial charge in [0.2, 0.25) is 5.91 Å². The number of hydrogen-bond donors (Lipinski definition) is 3. The summed E-state index contributed by atoms with van der Waals surface area (Å²) in [6.45, 7) is 6.84. The Morgan fingerprint density at radius 1 is 1.29 bits per heavy atom. The first-order valence-corrected chi connectivity index (χ1v) is 10.6. The van der Waals surface area contributed by atoms with Crippen molar-refractivity contribution in [2.75, 3.05) is 11.9 Å². The van der Waals surface area contributed by atoms with E-state index in [0.717, 1.165) is 16.9 Å². The van der Waals surface area contributed by atoms with Crippen LogP contribution in [0.1, 0.15) is 44.2 Å². The number of ether oxygens (including phenoxy) is 2. The van der Waals surface area contributed by atoms with Crippen molar-refractivity contribution < 1.29 is 19.1 Å². The molecule has 3 N–H and O–H groups in total. The maximum Gasteiger partial charge on any atom is 0.315 e. The SMILES string of the molecule is CC(C)(C)CNC(=O)NC1[C@H]2Oc3ccc(Oc4ccnc5c4CCC(=O)N5)cc3[C@@H]12. The minimum atomic E-state index is -0.169. The van der Waals surface area contributed by atoms with E-state index in [0.29, 0.717) is 36.7 Å². The Morgan fingerprint density at radius 2 is 2.13 bits per heavy atom. The highest BCUT2D eigenvalue weighted by Crippen LogP contribution is 2.54. The third kappa shape index (κ3) is 3.89. The quantitative estimate of drug-likeness (QED) is 0.702. The predicted octanol–water partition coefficient (Wildman–Crippen LogP) is 3.33. The molecule has 2 aliphatic heterocycles. The third-order valence-corrected chi connectivity index (χ3v) is 5.73. The average molecular weight is 422 g/mol. The normalized spacial score (nSPS) is 22.9. The van der Waals surface area contributed by atoms with E-state index in [1.54, 1.807) is 6.20 Å². The molecule has 0 spiro atoms. The molecule has 5 rings (SSSR count). The molecule has 3 atom stereocenters. The van der Waals surface area contributed by atoms with E-state index in [1.807, 2.05) is 24.3 Å². The van der Waals surface area contributed by atoms with Gasteiger partial charge >= 0.3 is 6.03 Å². The van der Waals surface area contributed by atoms with E-state index in [-0.39, 0.29) is 35.4 Å². The number of nitrogens with zero attached hydrogens (tertiary/aromatic N) is 1. The summed E-state index contributed by atoms with van der Waals surface area (Å²) in [6.07, 6.45) is 2.61. The zero-order chi connectivity index (χ0) is 21.8. The van der Waals surface area contributed by atoms with Crippen LogP contribution in [0.3, 0.4) is 0 Å². The summed E-state index contributed by atoms with van der Waals surface area (Å²) in [5.41, 5.74) is 1.97. The number of benzene rings is 1. The van der Waals surface area contributed by atoms with E-state index in [9.17, 15) is 9.59 Å². The first kappa shape index (κ1) is 19.7. The van der Waals surface area contributed by atoms with Crippen molar-refractivity contribution in [2.45, 2.75) is 51.7 Å². The number of carbonyl (C=O) groups excluding carboxylic acids is 2. The molecule has 1 fully saturated rings. The Balaban J connectivity index is 1.27. The van der Waals surface area contributed by atoms with Crippen LogP contribution in [0.2, 0.25) is 0 Å². The molecule has 1 aliphatic carbocycles. The third-order valence-electron chi connectivity index (χ3n) is 5.73. The van der Waals surface area contributed by atoms with Crippen LogP contribution in [-0.2, 0) is 11.2 Å². The maximum absolute atomic E-state index is 12.2. The lowest BCUT2D eigenvalue weighted by Gasteiger charge is -2.20. The van der Waals surface area contributed by atoms with Crippen LogP contribution >= 0.6 is 0 Å². The summed E-state index contributed by atoms with van der Waals surface area (Å²) < 4.78 is 12.1. The molecule has 1 saturated carbocycles. The second-order valence-corrected chi connectivity index (χ2v) is 9.51. The second-order valence-electron chi connectivity index (χ2n) is 9.51. The van der Waals surface area contributed by atoms with E-state index in [1.165, 1.54) is 0 Å². The van der Waals surface area contributed by atoms with Gasteiger partial charge in [-0.1, -0.05) is 20.8 Å². The van der Waals surface area contributed by atoms with E-state index in [2.05, 4.69) is 41.7 Å². The molecular formula is C23H26N4O4. The van der Waals surface area contributed by atoms with Crippen molar-refractivity contribution in [3.8, 4) is 17.2 Å². The minimum absolute atomic E-state index is 0.0288. The van der Waals surface area contributed by atoms with Crippen molar-refractivity contribution in [3.05, 3.63) is 41.6 Å². The predicted molar refractivity (Wildman–Crippen MR) is 115 cm³/mol. The summed E-state index contributed by atoms with van der Waals surface area (Å²) in [4.78, 5) is 28.1. The zero-order valence-electron chi connectivity index (χ0n) is 17.8. The first-order valence-electron chi connectivity index (χ1n) is 10.6. The Bertz CT molecular complexity index is 1060. The van der Waals surface area contributed by atoms with Gasteiger partial charge in [-0.05, 0) is 36.1 Å². The van der Waals surface area contributed by atoms with Gasteiger partial charge in [-0.3, -0.25) is 4.79 Å². The van der Waals surface area contributed by atoms with Crippen LogP contribution in [-0.4, -0.2) is 35.6 Å². The fraction of sp³-hybridized carbons (Fsp3) is 0.435. The number of nitrogens with one attached hydrogen (secondary N) is 3. The lowest BCUT2D eigenvalue weighted by atomic mass is 9.97. The summed E-state index contributed by atoms with van der Waals surface area (Å²) in [5.74, 6) is 2.87. The van der Waals surface area contributed by atoms with Crippen molar-refractivity contribution >= 4 is 17.8 Å². The number of anilines is 1. The molecule has 1 aromatic heterocycles. The first-order chi connectivity index (χ1) is 14.8. The fourth-order valence-corrected chi connectivity index (χ4v) is 4.10. The van der Waals surface area contributed by atoms with E-state index in [4.69, 9.17) is 9.47 Å². The molecule has 162 valence electrons. The van der Waals surface area contributed by atoms with Crippen molar-refractivity contribution in [1.82, 2.24) is 15.6 Å². The molecule has 0 bridgehead atoms. The van der Waals surface area contributed by atoms with Crippen LogP contribution in [0.15, 0.2) is 30.5 Å². The number of aromatic nitrogens is 1. The Labute approximate surface area is 180 Å². The summed E-state index contributed by atoms with van der Waals surface area (Å²) in [7, 11) is 0. The molecule has 3 aliphatic rings. The molecular weight excluding hydrogens is 396 g/mol. The van der Waals surface area contributed by atoms with Gasteiger partial charge in [0.1, 0.15) is 29.2 Å². The molecule has 8 heteroatoms. The number of fused-ring (bicyclic) bond motifs is 4. The van der Waals surface area contributed by atoms with Crippen LogP contribution in [0.4, 0.5) is 10.6 Å². The highest BCUT2D eigenvalue weighted by atomic mass is 16.5. The molecule has 2 aromatic rings. The van der Waals surface area contributed by atoms with Gasteiger partial charge in [-0.15, -0.1) is 0 Å². The standard InChI is InChI=1S/C23H26N4O4/c1-23(2,3)11-25-22(29)27-19-18-14-10-12(4-6-15(14)31-20(18)19)30-16-8-9-24-21-13(16)5-7-17(28)26-21/h4,6,8-10,18-20H,5,7,11H2,1-3H3,(H,24,26,28)(H2,25,27,29)/t18-,19?,20-/m0/s1. The molecule has 31 heavy (non-hydrogen) atoms. The van der Waals surface area contributed by atoms with Gasteiger partial charge < -0.3 is 25.4 Å². The highest BCUT2D eigenvalue weighted by Gasteiger charge is 2.59. The molecule has 0 saturated heterocycles. The molecule has 0 radical (unpaired) electrons. The lowest BCUT2D eigenvalue weighted by molar-refractivity contribution is -0.116. The second kappa shape index (κ2) is 7.14. The maximum atomic E-state index is 12.2.